The van der Waals surface area contributed by atoms with Crippen LogP contribution in [0.5, 0.6) is 5.75 Å². The molecular formula is C11H17N3O2. The number of rotatable bonds is 4. The molecular weight excluding hydrogens is 206 g/mol. The SMILES string of the molecule is COc1cnc(NC2CCC(OC)C2)nc1. The van der Waals surface area contributed by atoms with Crippen molar-refractivity contribution in [1.29, 1.82) is 0 Å². The van der Waals surface area contributed by atoms with E-state index >= 15 is 0 Å². The molecule has 0 aliphatic heterocycles. The van der Waals surface area contributed by atoms with Crippen molar-refractivity contribution in [2.45, 2.75) is 31.4 Å². The van der Waals surface area contributed by atoms with Gasteiger partial charge < -0.3 is 14.8 Å². The van der Waals surface area contributed by atoms with E-state index in [0.29, 0.717) is 23.8 Å². The summed E-state index contributed by atoms with van der Waals surface area (Å²) in [6, 6.07) is 0.415. The fourth-order valence-electron chi connectivity index (χ4n) is 1.96. The Hall–Kier alpha value is -1.36. The molecule has 1 saturated carbocycles. The van der Waals surface area contributed by atoms with Crippen molar-refractivity contribution < 1.29 is 9.47 Å². The first-order valence-electron chi connectivity index (χ1n) is 5.47. The standard InChI is InChI=1S/C11H17N3O2/c1-15-9-4-3-8(5-9)14-11-12-6-10(16-2)7-13-11/h6-9H,3-5H2,1-2H3,(H,12,13,14). The van der Waals surface area contributed by atoms with Crippen molar-refractivity contribution in [2.24, 2.45) is 0 Å². The Bertz CT molecular complexity index is 329. The molecule has 0 spiro atoms. The Morgan fingerprint density at radius 1 is 1.25 bits per heavy atom. The minimum Gasteiger partial charge on any atom is -0.494 e. The van der Waals surface area contributed by atoms with E-state index in [0.717, 1.165) is 19.3 Å². The second-order valence-corrected chi connectivity index (χ2v) is 3.96. The number of nitrogens with zero attached hydrogens (tertiary/aromatic N) is 2. The van der Waals surface area contributed by atoms with Gasteiger partial charge in [-0.3, -0.25) is 0 Å². The second-order valence-electron chi connectivity index (χ2n) is 3.96. The fraction of sp³-hybridized carbons (Fsp3) is 0.636. The highest BCUT2D eigenvalue weighted by Crippen LogP contribution is 2.23. The summed E-state index contributed by atoms with van der Waals surface area (Å²) >= 11 is 0. The van der Waals surface area contributed by atoms with Gasteiger partial charge in [-0.1, -0.05) is 0 Å². The average molecular weight is 223 g/mol. The van der Waals surface area contributed by atoms with E-state index in [-0.39, 0.29) is 0 Å². The second kappa shape index (κ2) is 5.12. The zero-order chi connectivity index (χ0) is 11.4. The van der Waals surface area contributed by atoms with E-state index < -0.39 is 0 Å². The fourth-order valence-corrected chi connectivity index (χ4v) is 1.96. The Morgan fingerprint density at radius 2 is 2.00 bits per heavy atom. The van der Waals surface area contributed by atoms with Gasteiger partial charge in [0.2, 0.25) is 5.95 Å². The highest BCUT2D eigenvalue weighted by atomic mass is 16.5. The van der Waals surface area contributed by atoms with Gasteiger partial charge in [-0.05, 0) is 19.3 Å². The predicted molar refractivity (Wildman–Crippen MR) is 60.6 cm³/mol. The quantitative estimate of drug-likeness (QED) is 0.837. The van der Waals surface area contributed by atoms with Gasteiger partial charge in [-0.2, -0.15) is 0 Å². The Morgan fingerprint density at radius 3 is 2.56 bits per heavy atom. The molecule has 1 aromatic heterocycles. The van der Waals surface area contributed by atoms with E-state index in [4.69, 9.17) is 9.47 Å². The zero-order valence-electron chi connectivity index (χ0n) is 9.64. The van der Waals surface area contributed by atoms with Crippen molar-refractivity contribution in [2.75, 3.05) is 19.5 Å². The molecule has 1 N–H and O–H groups in total. The average Bonchev–Trinajstić information content (AvgIpc) is 2.78. The van der Waals surface area contributed by atoms with Gasteiger partial charge in [0.05, 0.1) is 25.6 Å². The van der Waals surface area contributed by atoms with Crippen molar-refractivity contribution in [3.63, 3.8) is 0 Å². The number of nitrogens with one attached hydrogen (secondary N) is 1. The number of aromatic nitrogens is 2. The molecule has 0 bridgehead atoms. The van der Waals surface area contributed by atoms with E-state index in [1.54, 1.807) is 26.6 Å². The Labute approximate surface area is 95.2 Å². The highest BCUT2D eigenvalue weighted by molar-refractivity contribution is 5.28. The molecule has 1 fully saturated rings. The monoisotopic (exact) mass is 223 g/mol. The summed E-state index contributed by atoms with van der Waals surface area (Å²) in [5.41, 5.74) is 0. The number of hydrogen-bond acceptors (Lipinski definition) is 5. The molecule has 0 aromatic carbocycles. The number of ether oxygens (including phenoxy) is 2. The molecule has 0 saturated heterocycles. The van der Waals surface area contributed by atoms with Crippen LogP contribution in [0, 0.1) is 0 Å². The van der Waals surface area contributed by atoms with Crippen LogP contribution >= 0.6 is 0 Å². The van der Waals surface area contributed by atoms with Gasteiger partial charge in [-0.25, -0.2) is 9.97 Å². The molecule has 1 aliphatic carbocycles. The summed E-state index contributed by atoms with van der Waals surface area (Å²) in [4.78, 5) is 8.35. The van der Waals surface area contributed by atoms with Gasteiger partial charge in [0.25, 0.3) is 0 Å². The molecule has 1 aliphatic rings. The van der Waals surface area contributed by atoms with E-state index in [1.165, 1.54) is 0 Å². The van der Waals surface area contributed by atoms with Gasteiger partial charge >= 0.3 is 0 Å². The summed E-state index contributed by atoms with van der Waals surface area (Å²) < 4.78 is 10.3. The molecule has 1 aromatic rings. The molecule has 5 nitrogen and oxygen atoms in total. The molecule has 0 radical (unpaired) electrons. The Balaban J connectivity index is 1.89. The minimum atomic E-state index is 0.371. The molecule has 5 heteroatoms. The van der Waals surface area contributed by atoms with Crippen molar-refractivity contribution >= 4 is 5.95 Å². The van der Waals surface area contributed by atoms with Crippen LogP contribution in [0.15, 0.2) is 12.4 Å². The van der Waals surface area contributed by atoms with Crippen molar-refractivity contribution in [3.8, 4) is 5.75 Å². The van der Waals surface area contributed by atoms with Crippen LogP contribution in [0.2, 0.25) is 0 Å². The number of methoxy groups -OCH3 is 2. The maximum absolute atomic E-state index is 5.31. The molecule has 2 atom stereocenters. The third kappa shape index (κ3) is 2.61. The van der Waals surface area contributed by atoms with Crippen LogP contribution in [0.4, 0.5) is 5.95 Å². The van der Waals surface area contributed by atoms with Gasteiger partial charge in [-0.15, -0.1) is 0 Å². The molecule has 2 rings (SSSR count). The van der Waals surface area contributed by atoms with Crippen LogP contribution in [-0.4, -0.2) is 36.3 Å². The molecule has 16 heavy (non-hydrogen) atoms. The first-order chi connectivity index (χ1) is 7.81. The van der Waals surface area contributed by atoms with E-state index in [1.807, 2.05) is 0 Å². The Kier molecular flexibility index (Phi) is 3.56. The third-order valence-electron chi connectivity index (χ3n) is 2.91. The van der Waals surface area contributed by atoms with Crippen LogP contribution in [0.3, 0.4) is 0 Å². The largest absolute Gasteiger partial charge is 0.494 e. The lowest BCUT2D eigenvalue weighted by atomic mass is 10.2. The summed E-state index contributed by atoms with van der Waals surface area (Å²) in [6.07, 6.45) is 6.93. The zero-order valence-corrected chi connectivity index (χ0v) is 9.64. The van der Waals surface area contributed by atoms with Crippen LogP contribution in [-0.2, 0) is 4.74 Å². The summed E-state index contributed by atoms with van der Waals surface area (Å²) in [7, 11) is 3.36. The molecule has 0 amide bonds. The summed E-state index contributed by atoms with van der Waals surface area (Å²) in [5.74, 6) is 1.33. The smallest absolute Gasteiger partial charge is 0.223 e. The predicted octanol–water partition coefficient (Wildman–Crippen LogP) is 1.46. The lowest BCUT2D eigenvalue weighted by Gasteiger charge is -2.12. The van der Waals surface area contributed by atoms with Gasteiger partial charge in [0.15, 0.2) is 5.75 Å². The van der Waals surface area contributed by atoms with E-state index in [2.05, 4.69) is 15.3 Å². The number of hydrogen-bond donors (Lipinski definition) is 1. The third-order valence-corrected chi connectivity index (χ3v) is 2.91. The van der Waals surface area contributed by atoms with Crippen LogP contribution < -0.4 is 10.1 Å². The normalized spacial score (nSPS) is 24.4. The first-order valence-corrected chi connectivity index (χ1v) is 5.47. The minimum absolute atomic E-state index is 0.371. The topological polar surface area (TPSA) is 56.3 Å². The number of anilines is 1. The van der Waals surface area contributed by atoms with Gasteiger partial charge in [0.1, 0.15) is 0 Å². The first kappa shape index (κ1) is 11.1. The maximum atomic E-state index is 5.31. The molecule has 2 unspecified atom stereocenters. The highest BCUT2D eigenvalue weighted by Gasteiger charge is 2.24. The van der Waals surface area contributed by atoms with Crippen molar-refractivity contribution in [3.05, 3.63) is 12.4 Å². The van der Waals surface area contributed by atoms with Crippen LogP contribution in [0.25, 0.3) is 0 Å². The maximum Gasteiger partial charge on any atom is 0.223 e. The summed E-state index contributed by atoms with van der Waals surface area (Å²) in [6.45, 7) is 0. The van der Waals surface area contributed by atoms with Crippen LogP contribution in [0.1, 0.15) is 19.3 Å². The summed E-state index contributed by atoms with van der Waals surface area (Å²) in [5, 5.41) is 3.30. The lowest BCUT2D eigenvalue weighted by Crippen LogP contribution is -2.18. The van der Waals surface area contributed by atoms with Gasteiger partial charge in [0, 0.05) is 13.2 Å². The molecule has 88 valence electrons. The molecule has 1 heterocycles. The van der Waals surface area contributed by atoms with E-state index in [9.17, 15) is 0 Å². The lowest BCUT2D eigenvalue weighted by molar-refractivity contribution is 0.108. The van der Waals surface area contributed by atoms with Crippen molar-refractivity contribution in [1.82, 2.24) is 9.97 Å².